The van der Waals surface area contributed by atoms with E-state index in [2.05, 4.69) is 0 Å². The van der Waals surface area contributed by atoms with Crippen LogP contribution in [0.1, 0.15) is 40.0 Å². The second kappa shape index (κ2) is 2.95. The van der Waals surface area contributed by atoms with Gasteiger partial charge in [0.25, 0.3) is 0 Å². The molecule has 2 aliphatic carbocycles. The average molecular weight is 218 g/mol. The molecule has 14 heavy (non-hydrogen) atoms. The molecular weight excluding hydrogens is 200 g/mol. The summed E-state index contributed by atoms with van der Waals surface area (Å²) in [5.74, 6) is 0. The summed E-state index contributed by atoms with van der Waals surface area (Å²) < 4.78 is 29.2. The van der Waals surface area contributed by atoms with Gasteiger partial charge >= 0.3 is 0 Å². The summed E-state index contributed by atoms with van der Waals surface area (Å²) in [5, 5.41) is -0.240. The molecule has 4 heteroatoms. The van der Waals surface area contributed by atoms with Gasteiger partial charge in [0.2, 0.25) is 0 Å². The molecule has 0 spiro atoms. The lowest BCUT2D eigenvalue weighted by molar-refractivity contribution is -0.0146. The monoisotopic (exact) mass is 218 g/mol. The molecule has 2 rings (SSSR count). The van der Waals surface area contributed by atoms with Crippen molar-refractivity contribution in [3.05, 3.63) is 0 Å². The standard InChI is InChI=1S/C10H18O3S/c1-10(2,3)13-8-6-9(8)14(11,12)7-4-5-7/h7-9H,4-6H2,1-3H3/t8-,9-/m1/s1. The zero-order valence-electron chi connectivity index (χ0n) is 8.99. The normalized spacial score (nSPS) is 33.1. The van der Waals surface area contributed by atoms with E-state index in [4.69, 9.17) is 4.74 Å². The van der Waals surface area contributed by atoms with Crippen molar-refractivity contribution in [1.29, 1.82) is 0 Å². The molecule has 2 fully saturated rings. The van der Waals surface area contributed by atoms with Gasteiger partial charge in [-0.25, -0.2) is 8.42 Å². The molecule has 0 aromatic carbocycles. The first-order valence-corrected chi connectivity index (χ1v) is 6.82. The van der Waals surface area contributed by atoms with Gasteiger partial charge in [-0.2, -0.15) is 0 Å². The minimum Gasteiger partial charge on any atom is -0.371 e. The van der Waals surface area contributed by atoms with Crippen molar-refractivity contribution in [1.82, 2.24) is 0 Å². The third-order valence-electron chi connectivity index (χ3n) is 2.59. The fraction of sp³-hybridized carbons (Fsp3) is 1.00. The Hall–Kier alpha value is -0.0900. The Morgan fingerprint density at radius 3 is 2.21 bits per heavy atom. The smallest absolute Gasteiger partial charge is 0.158 e. The number of ether oxygens (including phenoxy) is 1. The third kappa shape index (κ3) is 2.11. The predicted octanol–water partition coefficient (Wildman–Crippen LogP) is 1.52. The molecule has 2 aliphatic rings. The van der Waals surface area contributed by atoms with Gasteiger partial charge < -0.3 is 4.74 Å². The summed E-state index contributed by atoms with van der Waals surface area (Å²) >= 11 is 0. The van der Waals surface area contributed by atoms with Crippen LogP contribution in [0.4, 0.5) is 0 Å². The van der Waals surface area contributed by atoms with Crippen LogP contribution < -0.4 is 0 Å². The van der Waals surface area contributed by atoms with Gasteiger partial charge in [-0.05, 0) is 40.0 Å². The van der Waals surface area contributed by atoms with E-state index in [0.717, 1.165) is 12.8 Å². The summed E-state index contributed by atoms with van der Waals surface area (Å²) in [5.41, 5.74) is -0.224. The maximum Gasteiger partial charge on any atom is 0.158 e. The maximum atomic E-state index is 11.8. The van der Waals surface area contributed by atoms with Crippen LogP contribution >= 0.6 is 0 Å². The van der Waals surface area contributed by atoms with Gasteiger partial charge in [-0.3, -0.25) is 0 Å². The Labute approximate surface area is 85.8 Å². The van der Waals surface area contributed by atoms with Crippen molar-refractivity contribution in [2.45, 2.75) is 62.2 Å². The lowest BCUT2D eigenvalue weighted by Gasteiger charge is -2.19. The van der Waals surface area contributed by atoms with Gasteiger partial charge in [0.1, 0.15) is 0 Å². The molecule has 0 aromatic rings. The summed E-state index contributed by atoms with van der Waals surface area (Å²) in [6.07, 6.45) is 2.39. The van der Waals surface area contributed by atoms with Crippen molar-refractivity contribution in [3.63, 3.8) is 0 Å². The zero-order chi connectivity index (χ0) is 10.6. The molecule has 0 aromatic heterocycles. The van der Waals surface area contributed by atoms with Crippen molar-refractivity contribution in [2.24, 2.45) is 0 Å². The van der Waals surface area contributed by atoms with E-state index >= 15 is 0 Å². The van der Waals surface area contributed by atoms with Gasteiger partial charge in [-0.1, -0.05) is 0 Å². The summed E-state index contributed by atoms with van der Waals surface area (Å²) in [6, 6.07) is 0. The molecule has 0 aliphatic heterocycles. The second-order valence-corrected chi connectivity index (χ2v) is 7.78. The summed E-state index contributed by atoms with van der Waals surface area (Å²) in [7, 11) is -2.84. The van der Waals surface area contributed by atoms with E-state index in [0.29, 0.717) is 6.42 Å². The van der Waals surface area contributed by atoms with Crippen LogP contribution in [0.3, 0.4) is 0 Å². The highest BCUT2D eigenvalue weighted by Gasteiger charge is 2.54. The quantitative estimate of drug-likeness (QED) is 0.721. The van der Waals surface area contributed by atoms with Crippen LogP contribution in [-0.4, -0.2) is 30.6 Å². The average Bonchev–Trinajstić information content (AvgIpc) is 2.76. The van der Waals surface area contributed by atoms with Crippen LogP contribution in [-0.2, 0) is 14.6 Å². The highest BCUT2D eigenvalue weighted by Crippen LogP contribution is 2.43. The number of sulfone groups is 1. The zero-order valence-corrected chi connectivity index (χ0v) is 9.80. The van der Waals surface area contributed by atoms with Crippen LogP contribution in [0.15, 0.2) is 0 Å². The molecule has 0 N–H and O–H groups in total. The first-order valence-electron chi connectivity index (χ1n) is 5.21. The Kier molecular flexibility index (Phi) is 2.20. The van der Waals surface area contributed by atoms with Gasteiger partial charge in [0.05, 0.1) is 22.2 Å². The van der Waals surface area contributed by atoms with Crippen LogP contribution in [0, 0.1) is 0 Å². The van der Waals surface area contributed by atoms with Crippen LogP contribution in [0.5, 0.6) is 0 Å². The highest BCUT2D eigenvalue weighted by atomic mass is 32.2. The van der Waals surface area contributed by atoms with Crippen LogP contribution in [0.2, 0.25) is 0 Å². The lowest BCUT2D eigenvalue weighted by Crippen LogP contribution is -2.24. The van der Waals surface area contributed by atoms with E-state index in [-0.39, 0.29) is 22.2 Å². The Morgan fingerprint density at radius 2 is 1.79 bits per heavy atom. The highest BCUT2D eigenvalue weighted by molar-refractivity contribution is 7.93. The molecule has 0 unspecified atom stereocenters. The Bertz CT molecular complexity index is 322. The molecule has 0 radical (unpaired) electrons. The van der Waals surface area contributed by atoms with Crippen molar-refractivity contribution in [3.8, 4) is 0 Å². The topological polar surface area (TPSA) is 43.4 Å². The molecule has 3 nitrogen and oxygen atoms in total. The van der Waals surface area contributed by atoms with E-state index in [9.17, 15) is 8.42 Å². The molecule has 0 saturated heterocycles. The van der Waals surface area contributed by atoms with E-state index in [1.54, 1.807) is 0 Å². The fourth-order valence-electron chi connectivity index (χ4n) is 1.72. The van der Waals surface area contributed by atoms with Gasteiger partial charge in [-0.15, -0.1) is 0 Å². The van der Waals surface area contributed by atoms with Crippen LogP contribution in [0.25, 0.3) is 0 Å². The molecule has 2 atom stereocenters. The largest absolute Gasteiger partial charge is 0.371 e. The van der Waals surface area contributed by atoms with E-state index in [1.807, 2.05) is 20.8 Å². The third-order valence-corrected chi connectivity index (χ3v) is 5.33. The number of rotatable bonds is 3. The molecule has 0 amide bonds. The number of hydrogen-bond acceptors (Lipinski definition) is 3. The SMILES string of the molecule is CC(C)(C)O[C@@H]1C[C@H]1S(=O)(=O)C1CC1. The van der Waals surface area contributed by atoms with Crippen molar-refractivity contribution in [2.75, 3.05) is 0 Å². The second-order valence-electron chi connectivity index (χ2n) is 5.33. The van der Waals surface area contributed by atoms with Gasteiger partial charge in [0, 0.05) is 0 Å². The minimum absolute atomic E-state index is 0.0407. The Morgan fingerprint density at radius 1 is 1.21 bits per heavy atom. The molecule has 82 valence electrons. The molecule has 0 heterocycles. The summed E-state index contributed by atoms with van der Waals surface area (Å²) in [6.45, 7) is 5.89. The number of hydrogen-bond donors (Lipinski definition) is 0. The first kappa shape index (κ1) is 10.4. The fourth-order valence-corrected chi connectivity index (χ4v) is 3.94. The maximum absolute atomic E-state index is 11.8. The summed E-state index contributed by atoms with van der Waals surface area (Å²) in [4.78, 5) is 0. The van der Waals surface area contributed by atoms with Gasteiger partial charge in [0.15, 0.2) is 9.84 Å². The van der Waals surface area contributed by atoms with E-state index < -0.39 is 9.84 Å². The van der Waals surface area contributed by atoms with Crippen molar-refractivity contribution >= 4 is 9.84 Å². The first-order chi connectivity index (χ1) is 6.31. The van der Waals surface area contributed by atoms with Crippen molar-refractivity contribution < 1.29 is 13.2 Å². The predicted molar refractivity (Wildman–Crippen MR) is 55.0 cm³/mol. The molecular formula is C10H18O3S. The van der Waals surface area contributed by atoms with E-state index in [1.165, 1.54) is 0 Å². The molecule has 0 bridgehead atoms. The molecule has 2 saturated carbocycles. The Balaban J connectivity index is 1.93. The minimum atomic E-state index is -2.84. The lowest BCUT2D eigenvalue weighted by atomic mass is 10.2.